The summed E-state index contributed by atoms with van der Waals surface area (Å²) in [7, 11) is 1.20. The summed E-state index contributed by atoms with van der Waals surface area (Å²) in [6.45, 7) is 5.50. The lowest BCUT2D eigenvalue weighted by molar-refractivity contribution is -0.135. The molecule has 0 aliphatic carbocycles. The van der Waals surface area contributed by atoms with Gasteiger partial charge in [0.1, 0.15) is 0 Å². The van der Waals surface area contributed by atoms with Gasteiger partial charge in [-0.3, -0.25) is 25.2 Å². The lowest BCUT2D eigenvalue weighted by Gasteiger charge is -2.24. The molecule has 1 unspecified atom stereocenters. The zero-order valence-corrected chi connectivity index (χ0v) is 23.9. The Morgan fingerprint density at radius 3 is 2.62 bits per heavy atom. The molecule has 1 heterocycles. The van der Waals surface area contributed by atoms with Gasteiger partial charge in [0.25, 0.3) is 11.8 Å². The maximum atomic E-state index is 13.8. The van der Waals surface area contributed by atoms with Crippen molar-refractivity contribution in [3.05, 3.63) is 89.5 Å². The van der Waals surface area contributed by atoms with Gasteiger partial charge in [0, 0.05) is 49.5 Å². The van der Waals surface area contributed by atoms with Gasteiger partial charge in [-0.15, -0.1) is 0 Å². The third-order valence-electron chi connectivity index (χ3n) is 7.20. The number of carbonyl (C=O) groups excluding carboxylic acids is 4. The van der Waals surface area contributed by atoms with E-state index in [1.54, 1.807) is 0 Å². The predicted octanol–water partition coefficient (Wildman–Crippen LogP) is 2.94. The van der Waals surface area contributed by atoms with Crippen molar-refractivity contribution in [1.82, 2.24) is 21.5 Å². The van der Waals surface area contributed by atoms with E-state index in [2.05, 4.69) is 37.2 Å². The minimum absolute atomic E-state index is 0.0349. The lowest BCUT2D eigenvalue weighted by atomic mass is 9.98. The van der Waals surface area contributed by atoms with E-state index >= 15 is 0 Å². The standard InChI is InChI=1S/C32H37N5O5/c1-22(26-10-5-8-23-7-3-4-9-27(23)26)34-32(41)28-21-25(37-19-6-17-33-18-20-37)13-11-24(28)12-14-29(38)35-36-30(39)15-16-31(40)42-2/h3-5,7-11,13,15-16,21-22,33H,6,12,14,17-20H2,1-2H3,(H,34,41)(H,35,38)(H,36,39)/b16-15+. The summed E-state index contributed by atoms with van der Waals surface area (Å²) in [6.07, 6.45) is 3.23. The molecule has 4 N–H and O–H groups in total. The number of hydrogen-bond donors (Lipinski definition) is 4. The molecule has 4 rings (SSSR count). The van der Waals surface area contributed by atoms with Crippen LogP contribution in [-0.4, -0.2) is 57.0 Å². The van der Waals surface area contributed by atoms with E-state index < -0.39 is 17.8 Å². The molecule has 42 heavy (non-hydrogen) atoms. The van der Waals surface area contributed by atoms with E-state index in [0.29, 0.717) is 5.56 Å². The van der Waals surface area contributed by atoms with Gasteiger partial charge in [-0.25, -0.2) is 4.79 Å². The summed E-state index contributed by atoms with van der Waals surface area (Å²) in [5, 5.41) is 8.76. The molecular weight excluding hydrogens is 534 g/mol. The van der Waals surface area contributed by atoms with Crippen LogP contribution < -0.4 is 26.4 Å². The van der Waals surface area contributed by atoms with Crippen LogP contribution in [0.2, 0.25) is 0 Å². The zero-order valence-electron chi connectivity index (χ0n) is 23.9. The van der Waals surface area contributed by atoms with Crippen LogP contribution in [0.3, 0.4) is 0 Å². The fraction of sp³-hybridized carbons (Fsp3) is 0.312. The lowest BCUT2D eigenvalue weighted by Crippen LogP contribution is -2.41. The highest BCUT2D eigenvalue weighted by molar-refractivity contribution is 5.98. The van der Waals surface area contributed by atoms with E-state index in [0.717, 1.165) is 72.3 Å². The number of nitrogens with one attached hydrogen (secondary N) is 4. The highest BCUT2D eigenvalue weighted by atomic mass is 16.5. The Bertz CT molecular complexity index is 1460. The van der Waals surface area contributed by atoms with Crippen LogP contribution in [0.5, 0.6) is 0 Å². The van der Waals surface area contributed by atoms with Crippen LogP contribution in [0.1, 0.15) is 47.3 Å². The van der Waals surface area contributed by atoms with Crippen LogP contribution in [0.15, 0.2) is 72.8 Å². The highest BCUT2D eigenvalue weighted by Gasteiger charge is 2.20. The minimum atomic E-state index is -0.683. The van der Waals surface area contributed by atoms with Crippen molar-refractivity contribution in [2.45, 2.75) is 32.2 Å². The maximum absolute atomic E-state index is 13.8. The predicted molar refractivity (Wildman–Crippen MR) is 162 cm³/mol. The van der Waals surface area contributed by atoms with Crippen LogP contribution in [0.25, 0.3) is 10.8 Å². The number of hydrazine groups is 1. The molecule has 0 spiro atoms. The van der Waals surface area contributed by atoms with E-state index in [4.69, 9.17) is 0 Å². The van der Waals surface area contributed by atoms with Crippen molar-refractivity contribution in [1.29, 1.82) is 0 Å². The number of nitrogens with zero attached hydrogens (tertiary/aromatic N) is 1. The topological polar surface area (TPSA) is 129 Å². The fourth-order valence-corrected chi connectivity index (χ4v) is 4.97. The Hall–Kier alpha value is -4.70. The number of hydrogen-bond acceptors (Lipinski definition) is 7. The van der Waals surface area contributed by atoms with Gasteiger partial charge >= 0.3 is 5.97 Å². The molecule has 1 fully saturated rings. The van der Waals surface area contributed by atoms with Gasteiger partial charge in [-0.05, 0) is 60.3 Å². The van der Waals surface area contributed by atoms with E-state index in [1.807, 2.05) is 61.5 Å². The normalized spacial score (nSPS) is 14.2. The van der Waals surface area contributed by atoms with Gasteiger partial charge in [0.15, 0.2) is 0 Å². The Balaban J connectivity index is 1.49. The summed E-state index contributed by atoms with van der Waals surface area (Å²) >= 11 is 0. The molecule has 0 bridgehead atoms. The number of amides is 3. The molecule has 10 nitrogen and oxygen atoms in total. The Kier molecular flexibility index (Phi) is 10.7. The Morgan fingerprint density at radius 1 is 0.976 bits per heavy atom. The number of anilines is 1. The number of carbonyl (C=O) groups is 4. The number of benzene rings is 3. The summed E-state index contributed by atoms with van der Waals surface area (Å²) in [5.41, 5.74) is 7.77. The van der Waals surface area contributed by atoms with Gasteiger partial charge in [0.05, 0.1) is 13.2 Å². The molecule has 3 amide bonds. The number of aryl methyl sites for hydroxylation is 1. The van der Waals surface area contributed by atoms with Crippen LogP contribution >= 0.6 is 0 Å². The third-order valence-corrected chi connectivity index (χ3v) is 7.20. The second-order valence-corrected chi connectivity index (χ2v) is 10.1. The molecule has 10 heteroatoms. The maximum Gasteiger partial charge on any atom is 0.330 e. The second-order valence-electron chi connectivity index (χ2n) is 10.1. The average molecular weight is 572 g/mol. The molecule has 3 aromatic carbocycles. The SMILES string of the molecule is COC(=O)/C=C/C(=O)NNC(=O)CCc1ccc(N2CCCNCC2)cc1C(=O)NC(C)c1cccc2ccccc12. The van der Waals surface area contributed by atoms with Crippen molar-refractivity contribution < 1.29 is 23.9 Å². The number of rotatable bonds is 9. The number of methoxy groups -OCH3 is 1. The summed E-state index contributed by atoms with van der Waals surface area (Å²) in [4.78, 5) is 51.4. The van der Waals surface area contributed by atoms with Gasteiger partial charge in [-0.1, -0.05) is 48.5 Å². The summed E-state index contributed by atoms with van der Waals surface area (Å²) in [5.74, 6) is -2.01. The van der Waals surface area contributed by atoms with Gasteiger partial charge in [0.2, 0.25) is 5.91 Å². The number of esters is 1. The van der Waals surface area contributed by atoms with Crippen molar-refractivity contribution >= 4 is 40.2 Å². The first-order valence-electron chi connectivity index (χ1n) is 14.1. The molecule has 1 saturated heterocycles. The molecule has 0 aromatic heterocycles. The van der Waals surface area contributed by atoms with Crippen LogP contribution in [0.4, 0.5) is 5.69 Å². The van der Waals surface area contributed by atoms with Crippen molar-refractivity contribution in [2.24, 2.45) is 0 Å². The quantitative estimate of drug-likeness (QED) is 0.177. The first kappa shape index (κ1) is 30.3. The molecule has 1 aliphatic heterocycles. The summed E-state index contributed by atoms with van der Waals surface area (Å²) < 4.78 is 4.43. The van der Waals surface area contributed by atoms with E-state index in [9.17, 15) is 19.2 Å². The first-order chi connectivity index (χ1) is 20.4. The largest absolute Gasteiger partial charge is 0.466 e. The molecule has 3 aromatic rings. The Morgan fingerprint density at radius 2 is 1.79 bits per heavy atom. The minimum Gasteiger partial charge on any atom is -0.466 e. The molecule has 220 valence electrons. The summed E-state index contributed by atoms with van der Waals surface area (Å²) in [6, 6.07) is 19.7. The van der Waals surface area contributed by atoms with Gasteiger partial charge < -0.3 is 20.3 Å². The second kappa shape index (κ2) is 14.8. The van der Waals surface area contributed by atoms with Crippen LogP contribution in [-0.2, 0) is 25.5 Å². The van der Waals surface area contributed by atoms with Crippen molar-refractivity contribution in [3.63, 3.8) is 0 Å². The number of fused-ring (bicyclic) bond motifs is 1. The molecular formula is C32H37N5O5. The molecule has 0 saturated carbocycles. The average Bonchev–Trinajstić information content (AvgIpc) is 3.31. The third kappa shape index (κ3) is 8.17. The molecule has 1 atom stereocenters. The fourth-order valence-electron chi connectivity index (χ4n) is 4.97. The highest BCUT2D eigenvalue weighted by Crippen LogP contribution is 2.26. The first-order valence-corrected chi connectivity index (χ1v) is 14.1. The number of ether oxygens (including phenoxy) is 1. The monoisotopic (exact) mass is 571 g/mol. The smallest absolute Gasteiger partial charge is 0.330 e. The van der Waals surface area contributed by atoms with Crippen molar-refractivity contribution in [3.8, 4) is 0 Å². The zero-order chi connectivity index (χ0) is 29.9. The molecule has 1 aliphatic rings. The van der Waals surface area contributed by atoms with E-state index in [1.165, 1.54) is 7.11 Å². The van der Waals surface area contributed by atoms with Crippen molar-refractivity contribution in [2.75, 3.05) is 38.2 Å². The van der Waals surface area contributed by atoms with Crippen LogP contribution in [0, 0.1) is 0 Å². The van der Waals surface area contributed by atoms with E-state index in [-0.39, 0.29) is 24.8 Å². The van der Waals surface area contributed by atoms with Gasteiger partial charge in [-0.2, -0.15) is 0 Å². The Labute approximate surface area is 245 Å². The molecule has 0 radical (unpaired) electrons.